The summed E-state index contributed by atoms with van der Waals surface area (Å²) in [4.78, 5) is 22.6. The number of rotatable bonds is 7. The molecule has 1 fully saturated rings. The van der Waals surface area contributed by atoms with Crippen LogP contribution in [0.3, 0.4) is 0 Å². The predicted octanol–water partition coefficient (Wildman–Crippen LogP) is 7.36. The summed E-state index contributed by atoms with van der Waals surface area (Å²) in [6, 6.07) is 16.8. The SMILES string of the molecule is Cc1nc(C)c([C@H](OC(C)(C)C)C(=O)O)c(N2CCC(C)(C)CC2)c1-c1ccc2c(c1)CCN(Cc1ccc(C#N)cc1)C2. The maximum absolute atomic E-state index is 12.8. The molecular formula is C37H46N4O3. The number of pyridine rings is 1. The van der Waals surface area contributed by atoms with E-state index in [9.17, 15) is 9.90 Å². The molecular weight excluding hydrogens is 548 g/mol. The molecule has 0 radical (unpaired) electrons. The average Bonchev–Trinajstić information content (AvgIpc) is 2.95. The van der Waals surface area contributed by atoms with Gasteiger partial charge in [0.1, 0.15) is 0 Å². The fourth-order valence-electron chi connectivity index (χ4n) is 6.60. The van der Waals surface area contributed by atoms with E-state index in [0.717, 1.165) is 74.5 Å². The molecule has 2 aromatic carbocycles. The van der Waals surface area contributed by atoms with Gasteiger partial charge in [-0.25, -0.2) is 4.79 Å². The van der Waals surface area contributed by atoms with Crippen LogP contribution in [-0.4, -0.2) is 46.2 Å². The number of aromatic nitrogens is 1. The largest absolute Gasteiger partial charge is 0.479 e. The van der Waals surface area contributed by atoms with Crippen LogP contribution in [-0.2, 0) is 29.0 Å². The Balaban J connectivity index is 1.55. The highest BCUT2D eigenvalue weighted by Gasteiger charge is 2.36. The average molecular weight is 595 g/mol. The maximum atomic E-state index is 12.8. The summed E-state index contributed by atoms with van der Waals surface area (Å²) in [7, 11) is 0. The number of carboxylic acids is 1. The minimum Gasteiger partial charge on any atom is -0.479 e. The number of carbonyl (C=O) groups is 1. The molecule has 0 aliphatic carbocycles. The van der Waals surface area contributed by atoms with Gasteiger partial charge < -0.3 is 14.7 Å². The number of fused-ring (bicyclic) bond motifs is 1. The first-order chi connectivity index (χ1) is 20.7. The lowest BCUT2D eigenvalue weighted by molar-refractivity contribution is -0.160. The molecule has 5 rings (SSSR count). The van der Waals surface area contributed by atoms with Crippen molar-refractivity contribution in [3.63, 3.8) is 0 Å². The van der Waals surface area contributed by atoms with Crippen LogP contribution in [0.2, 0.25) is 0 Å². The molecule has 7 heteroatoms. The molecule has 0 saturated carbocycles. The van der Waals surface area contributed by atoms with Gasteiger partial charge in [0.05, 0.1) is 22.9 Å². The lowest BCUT2D eigenvalue weighted by Crippen LogP contribution is -2.39. The molecule has 3 heterocycles. The third-order valence-corrected chi connectivity index (χ3v) is 9.05. The van der Waals surface area contributed by atoms with Crippen LogP contribution in [0.1, 0.15) is 92.8 Å². The van der Waals surface area contributed by atoms with E-state index in [2.05, 4.69) is 47.9 Å². The van der Waals surface area contributed by atoms with Crippen molar-refractivity contribution < 1.29 is 14.6 Å². The molecule has 3 aromatic rings. The Labute approximate surface area is 262 Å². The third kappa shape index (κ3) is 6.98. The van der Waals surface area contributed by atoms with E-state index in [4.69, 9.17) is 15.0 Å². The number of hydrogen-bond donors (Lipinski definition) is 1. The van der Waals surface area contributed by atoms with Crippen LogP contribution in [0.25, 0.3) is 11.1 Å². The van der Waals surface area contributed by atoms with Crippen molar-refractivity contribution in [2.75, 3.05) is 24.5 Å². The van der Waals surface area contributed by atoms with E-state index in [1.54, 1.807) is 0 Å². The molecule has 232 valence electrons. The van der Waals surface area contributed by atoms with E-state index in [0.29, 0.717) is 16.8 Å². The van der Waals surface area contributed by atoms with Crippen molar-refractivity contribution in [3.8, 4) is 17.2 Å². The highest BCUT2D eigenvalue weighted by atomic mass is 16.5. The molecule has 1 atom stereocenters. The van der Waals surface area contributed by atoms with Gasteiger partial charge in [-0.05, 0) is 93.7 Å². The summed E-state index contributed by atoms with van der Waals surface area (Å²) >= 11 is 0. The Bertz CT molecular complexity index is 1570. The zero-order valence-corrected chi connectivity index (χ0v) is 27.3. The van der Waals surface area contributed by atoms with Crippen molar-refractivity contribution in [1.29, 1.82) is 5.26 Å². The molecule has 0 spiro atoms. The number of anilines is 1. The first-order valence-corrected chi connectivity index (χ1v) is 15.7. The van der Waals surface area contributed by atoms with E-state index in [1.165, 1.54) is 16.7 Å². The molecule has 0 amide bonds. The van der Waals surface area contributed by atoms with Gasteiger partial charge in [0.15, 0.2) is 6.10 Å². The first-order valence-electron chi connectivity index (χ1n) is 15.7. The predicted molar refractivity (Wildman–Crippen MR) is 175 cm³/mol. The minimum atomic E-state index is -1.12. The number of piperidine rings is 1. The lowest BCUT2D eigenvalue weighted by atomic mass is 9.81. The van der Waals surface area contributed by atoms with E-state index in [1.807, 2.05) is 58.9 Å². The zero-order valence-electron chi connectivity index (χ0n) is 27.3. The Morgan fingerprint density at radius 1 is 1.05 bits per heavy atom. The highest BCUT2D eigenvalue weighted by molar-refractivity contribution is 5.88. The molecule has 2 aliphatic heterocycles. The standard InChI is InChI=1S/C37H46N4O3/c1-24-31(29-12-13-30-23-40(17-14-28(30)20-29)22-27-10-8-26(21-38)9-11-27)33(41-18-15-37(6,7)16-19-41)32(25(2)39-24)34(35(42)43)44-36(3,4)5/h8-13,20,34H,14-19,22-23H2,1-7H3,(H,42,43)/t34-/m0/s1. The smallest absolute Gasteiger partial charge is 0.337 e. The number of nitriles is 1. The van der Waals surface area contributed by atoms with Gasteiger partial charge in [0.25, 0.3) is 0 Å². The van der Waals surface area contributed by atoms with Crippen molar-refractivity contribution in [3.05, 3.63) is 81.7 Å². The molecule has 1 aromatic heterocycles. The monoisotopic (exact) mass is 594 g/mol. The molecule has 1 saturated heterocycles. The van der Waals surface area contributed by atoms with Crippen LogP contribution in [0.15, 0.2) is 42.5 Å². The van der Waals surface area contributed by atoms with Gasteiger partial charge in [-0.2, -0.15) is 5.26 Å². The molecule has 0 unspecified atom stereocenters. The van der Waals surface area contributed by atoms with Gasteiger partial charge in [-0.15, -0.1) is 0 Å². The van der Waals surface area contributed by atoms with Crippen LogP contribution >= 0.6 is 0 Å². The Morgan fingerprint density at radius 2 is 1.73 bits per heavy atom. The number of hydrogen-bond acceptors (Lipinski definition) is 6. The second kappa shape index (κ2) is 12.3. The number of ether oxygens (including phenoxy) is 1. The lowest BCUT2D eigenvalue weighted by Gasteiger charge is -2.41. The van der Waals surface area contributed by atoms with Gasteiger partial charge in [-0.1, -0.05) is 44.2 Å². The molecule has 7 nitrogen and oxygen atoms in total. The maximum Gasteiger partial charge on any atom is 0.337 e. The number of benzene rings is 2. The summed E-state index contributed by atoms with van der Waals surface area (Å²) in [5, 5.41) is 19.6. The number of carboxylic acid groups (broad SMARTS) is 1. The van der Waals surface area contributed by atoms with Crippen LogP contribution in [0.5, 0.6) is 0 Å². The van der Waals surface area contributed by atoms with Gasteiger partial charge in [0, 0.05) is 55.2 Å². The van der Waals surface area contributed by atoms with Crippen LogP contribution in [0.4, 0.5) is 5.69 Å². The molecule has 1 N–H and O–H groups in total. The third-order valence-electron chi connectivity index (χ3n) is 9.05. The topological polar surface area (TPSA) is 89.7 Å². The van der Waals surface area contributed by atoms with Gasteiger partial charge >= 0.3 is 5.97 Å². The summed E-state index contributed by atoms with van der Waals surface area (Å²) in [6.45, 7) is 18.6. The van der Waals surface area contributed by atoms with Crippen LogP contribution < -0.4 is 4.90 Å². The fraction of sp³-hybridized carbons (Fsp3) is 0.486. The molecule has 0 bridgehead atoms. The first kappa shape index (κ1) is 31.7. The highest BCUT2D eigenvalue weighted by Crippen LogP contribution is 2.45. The fourth-order valence-corrected chi connectivity index (χ4v) is 6.60. The van der Waals surface area contributed by atoms with E-state index < -0.39 is 17.7 Å². The quantitative estimate of drug-likeness (QED) is 0.306. The normalized spacial score (nSPS) is 17.5. The summed E-state index contributed by atoms with van der Waals surface area (Å²) in [6.07, 6.45) is 1.87. The number of nitrogens with zero attached hydrogens (tertiary/aromatic N) is 4. The van der Waals surface area contributed by atoms with Crippen LogP contribution in [0, 0.1) is 30.6 Å². The number of aryl methyl sites for hydroxylation is 2. The van der Waals surface area contributed by atoms with Crippen molar-refractivity contribution in [1.82, 2.24) is 9.88 Å². The zero-order chi connectivity index (χ0) is 31.8. The van der Waals surface area contributed by atoms with Crippen molar-refractivity contribution in [2.24, 2.45) is 5.41 Å². The summed E-state index contributed by atoms with van der Waals surface area (Å²) in [5.41, 5.74) is 9.46. The second-order valence-electron chi connectivity index (χ2n) is 14.3. The second-order valence-corrected chi connectivity index (χ2v) is 14.3. The van der Waals surface area contributed by atoms with E-state index in [-0.39, 0.29) is 5.41 Å². The molecule has 44 heavy (non-hydrogen) atoms. The summed E-state index contributed by atoms with van der Waals surface area (Å²) < 4.78 is 6.25. The van der Waals surface area contributed by atoms with Gasteiger partial charge in [0.2, 0.25) is 0 Å². The summed E-state index contributed by atoms with van der Waals surface area (Å²) in [5.74, 6) is -0.994. The Hall–Kier alpha value is -3.73. The van der Waals surface area contributed by atoms with E-state index >= 15 is 0 Å². The van der Waals surface area contributed by atoms with Crippen molar-refractivity contribution >= 4 is 11.7 Å². The Kier molecular flexibility index (Phi) is 8.89. The number of aliphatic carboxylic acids is 1. The van der Waals surface area contributed by atoms with Crippen molar-refractivity contribution in [2.45, 2.75) is 92.5 Å². The Morgan fingerprint density at radius 3 is 2.34 bits per heavy atom. The minimum absolute atomic E-state index is 0.248. The molecule has 2 aliphatic rings. The van der Waals surface area contributed by atoms with Gasteiger partial charge in [-0.3, -0.25) is 9.88 Å².